The van der Waals surface area contributed by atoms with Crippen molar-refractivity contribution in [3.05, 3.63) is 54.0 Å². The number of carbonyl (C=O) groups is 2. The molecule has 2 aliphatic heterocycles. The van der Waals surface area contributed by atoms with Gasteiger partial charge in [0.1, 0.15) is 11.6 Å². The van der Waals surface area contributed by atoms with Crippen LogP contribution in [0.5, 0.6) is 0 Å². The average Bonchev–Trinajstić information content (AvgIpc) is 3.30. The van der Waals surface area contributed by atoms with Gasteiger partial charge in [0.25, 0.3) is 5.91 Å². The summed E-state index contributed by atoms with van der Waals surface area (Å²) >= 11 is 0. The first-order valence-corrected chi connectivity index (χ1v) is 9.92. The number of halogens is 1. The minimum atomic E-state index is -0.500. The Morgan fingerprint density at radius 2 is 1.69 bits per heavy atom. The smallest absolute Gasteiger partial charge is 0.321 e. The summed E-state index contributed by atoms with van der Waals surface area (Å²) in [5, 5.41) is 2.79. The van der Waals surface area contributed by atoms with E-state index in [0.29, 0.717) is 45.0 Å². The van der Waals surface area contributed by atoms with Crippen LogP contribution in [0.3, 0.4) is 0 Å². The molecule has 3 amide bonds. The summed E-state index contributed by atoms with van der Waals surface area (Å²) < 4.78 is 13.9. The highest BCUT2D eigenvalue weighted by Crippen LogP contribution is 2.22. The monoisotopic (exact) mass is 397 g/mol. The SMILES string of the molecule is O=C(Nc1ccc(F)cc1C(=O)N1CCN(c2ccccn2)CC1)N1CCCC1. The van der Waals surface area contributed by atoms with Crippen LogP contribution >= 0.6 is 0 Å². The Hall–Kier alpha value is -3.16. The highest BCUT2D eigenvalue weighted by Gasteiger charge is 2.26. The Bertz CT molecular complexity index is 878. The lowest BCUT2D eigenvalue weighted by Crippen LogP contribution is -2.49. The molecule has 8 heteroatoms. The van der Waals surface area contributed by atoms with Crippen LogP contribution in [0, 0.1) is 5.82 Å². The number of piperazine rings is 1. The van der Waals surface area contributed by atoms with E-state index >= 15 is 0 Å². The van der Waals surface area contributed by atoms with Crippen LogP contribution in [-0.4, -0.2) is 66.0 Å². The first kappa shape index (κ1) is 19.2. The van der Waals surface area contributed by atoms with Gasteiger partial charge < -0.3 is 20.0 Å². The van der Waals surface area contributed by atoms with Crippen molar-refractivity contribution in [3.8, 4) is 0 Å². The maximum absolute atomic E-state index is 13.9. The summed E-state index contributed by atoms with van der Waals surface area (Å²) in [6.07, 6.45) is 3.70. The summed E-state index contributed by atoms with van der Waals surface area (Å²) in [5.41, 5.74) is 0.532. The van der Waals surface area contributed by atoms with Gasteiger partial charge in [-0.05, 0) is 43.2 Å². The topological polar surface area (TPSA) is 68.8 Å². The van der Waals surface area contributed by atoms with Gasteiger partial charge in [-0.1, -0.05) is 6.07 Å². The second kappa shape index (κ2) is 8.46. The minimum absolute atomic E-state index is 0.184. The van der Waals surface area contributed by atoms with Gasteiger partial charge in [-0.15, -0.1) is 0 Å². The largest absolute Gasteiger partial charge is 0.353 e. The van der Waals surface area contributed by atoms with Crippen LogP contribution in [0.1, 0.15) is 23.2 Å². The Labute approximate surface area is 169 Å². The number of hydrogen-bond donors (Lipinski definition) is 1. The molecule has 0 radical (unpaired) electrons. The van der Waals surface area contributed by atoms with Crippen LogP contribution in [-0.2, 0) is 0 Å². The number of carbonyl (C=O) groups excluding carboxylic acids is 2. The number of aromatic nitrogens is 1. The van der Waals surface area contributed by atoms with Crippen molar-refractivity contribution in [3.63, 3.8) is 0 Å². The first-order chi connectivity index (χ1) is 14.1. The van der Waals surface area contributed by atoms with Gasteiger partial charge in [0.15, 0.2) is 0 Å². The third-order valence-corrected chi connectivity index (χ3v) is 5.39. The second-order valence-electron chi connectivity index (χ2n) is 7.28. The van der Waals surface area contributed by atoms with Gasteiger partial charge in [0, 0.05) is 45.5 Å². The molecule has 2 aromatic rings. The van der Waals surface area contributed by atoms with Gasteiger partial charge in [-0.2, -0.15) is 0 Å². The molecule has 1 aromatic carbocycles. The summed E-state index contributed by atoms with van der Waals surface area (Å²) in [6.45, 7) is 3.70. The fourth-order valence-corrected chi connectivity index (χ4v) is 3.77. The van der Waals surface area contributed by atoms with Crippen molar-refractivity contribution in [2.24, 2.45) is 0 Å². The lowest BCUT2D eigenvalue weighted by molar-refractivity contribution is 0.0747. The van der Waals surface area contributed by atoms with Gasteiger partial charge in [0.2, 0.25) is 0 Å². The Morgan fingerprint density at radius 1 is 0.931 bits per heavy atom. The van der Waals surface area contributed by atoms with Crippen LogP contribution in [0.4, 0.5) is 20.7 Å². The summed E-state index contributed by atoms with van der Waals surface area (Å²) in [7, 11) is 0. The molecule has 152 valence electrons. The van der Waals surface area contributed by atoms with Crippen molar-refractivity contribution in [1.29, 1.82) is 0 Å². The number of rotatable bonds is 3. The molecule has 0 bridgehead atoms. The molecule has 2 fully saturated rings. The molecule has 0 atom stereocenters. The molecule has 0 aliphatic carbocycles. The third-order valence-electron chi connectivity index (χ3n) is 5.39. The maximum atomic E-state index is 13.9. The van der Waals surface area contributed by atoms with Gasteiger partial charge >= 0.3 is 6.03 Å². The number of likely N-dealkylation sites (tertiary alicyclic amines) is 1. The van der Waals surface area contributed by atoms with Gasteiger partial charge in [0.05, 0.1) is 11.3 Å². The summed E-state index contributed by atoms with van der Waals surface area (Å²) in [6, 6.07) is 9.41. The predicted octanol–water partition coefficient (Wildman–Crippen LogP) is 2.81. The molecule has 7 nitrogen and oxygen atoms in total. The van der Waals surface area contributed by atoms with Crippen molar-refractivity contribution in [2.75, 3.05) is 49.5 Å². The number of anilines is 2. The summed E-state index contributed by atoms with van der Waals surface area (Å²) in [5.74, 6) is 0.102. The number of urea groups is 1. The lowest BCUT2D eigenvalue weighted by Gasteiger charge is -2.35. The molecule has 29 heavy (non-hydrogen) atoms. The molecule has 2 saturated heterocycles. The van der Waals surface area contributed by atoms with Crippen molar-refractivity contribution < 1.29 is 14.0 Å². The number of pyridine rings is 1. The molecular weight excluding hydrogens is 373 g/mol. The zero-order chi connectivity index (χ0) is 20.2. The molecular formula is C21H24FN5O2. The van der Waals surface area contributed by atoms with E-state index in [-0.39, 0.29) is 17.5 Å². The highest BCUT2D eigenvalue weighted by atomic mass is 19.1. The van der Waals surface area contributed by atoms with Crippen molar-refractivity contribution in [2.45, 2.75) is 12.8 Å². The van der Waals surface area contributed by atoms with Gasteiger partial charge in [-0.3, -0.25) is 4.79 Å². The molecule has 1 N–H and O–H groups in total. The minimum Gasteiger partial charge on any atom is -0.353 e. The normalized spacial score (nSPS) is 16.8. The standard InChI is InChI=1S/C21H24FN5O2/c22-16-6-7-18(24-21(29)27-9-3-4-10-27)17(15-16)20(28)26-13-11-25(12-14-26)19-5-1-2-8-23-19/h1-2,5-8,15H,3-4,9-14H2,(H,24,29). The van der Waals surface area contributed by atoms with Crippen molar-refractivity contribution >= 4 is 23.4 Å². The van der Waals surface area contributed by atoms with Gasteiger partial charge in [-0.25, -0.2) is 14.2 Å². The zero-order valence-corrected chi connectivity index (χ0v) is 16.2. The number of amides is 3. The molecule has 1 aromatic heterocycles. The first-order valence-electron chi connectivity index (χ1n) is 9.92. The number of hydrogen-bond acceptors (Lipinski definition) is 4. The van der Waals surface area contributed by atoms with Crippen LogP contribution < -0.4 is 10.2 Å². The molecule has 0 saturated carbocycles. The second-order valence-corrected chi connectivity index (χ2v) is 7.28. The highest BCUT2D eigenvalue weighted by molar-refractivity contribution is 6.03. The Kier molecular flexibility index (Phi) is 5.59. The van der Waals surface area contributed by atoms with E-state index < -0.39 is 5.82 Å². The van der Waals surface area contributed by atoms with Crippen LogP contribution in [0.25, 0.3) is 0 Å². The Balaban J connectivity index is 1.45. The van der Waals surface area contributed by atoms with Crippen LogP contribution in [0.15, 0.2) is 42.6 Å². The quantitative estimate of drug-likeness (QED) is 0.865. The van der Waals surface area contributed by atoms with Crippen LogP contribution in [0.2, 0.25) is 0 Å². The predicted molar refractivity (Wildman–Crippen MR) is 109 cm³/mol. The fraction of sp³-hybridized carbons (Fsp3) is 0.381. The van der Waals surface area contributed by atoms with E-state index in [2.05, 4.69) is 15.2 Å². The van der Waals surface area contributed by atoms with E-state index in [1.54, 1.807) is 16.0 Å². The fourth-order valence-electron chi connectivity index (χ4n) is 3.77. The Morgan fingerprint density at radius 3 is 2.38 bits per heavy atom. The third kappa shape index (κ3) is 4.31. The number of benzene rings is 1. The average molecular weight is 397 g/mol. The molecule has 4 rings (SSSR count). The molecule has 0 unspecified atom stereocenters. The molecule has 0 spiro atoms. The van der Waals surface area contributed by atoms with E-state index in [0.717, 1.165) is 18.7 Å². The number of nitrogens with one attached hydrogen (secondary N) is 1. The zero-order valence-electron chi connectivity index (χ0n) is 16.2. The lowest BCUT2D eigenvalue weighted by atomic mass is 10.1. The van der Waals surface area contributed by atoms with Crippen molar-refractivity contribution in [1.82, 2.24) is 14.8 Å². The summed E-state index contributed by atoms with van der Waals surface area (Å²) in [4.78, 5) is 35.4. The van der Waals surface area contributed by atoms with E-state index in [4.69, 9.17) is 0 Å². The molecule has 2 aliphatic rings. The van der Waals surface area contributed by atoms with E-state index in [1.807, 2.05) is 18.2 Å². The van der Waals surface area contributed by atoms with E-state index in [1.165, 1.54) is 18.2 Å². The maximum Gasteiger partial charge on any atom is 0.321 e. The van der Waals surface area contributed by atoms with E-state index in [9.17, 15) is 14.0 Å². The molecule has 3 heterocycles. The number of nitrogens with zero attached hydrogens (tertiary/aromatic N) is 4.